The molecule has 0 fully saturated rings. The first kappa shape index (κ1) is 13.2. The van der Waals surface area contributed by atoms with Crippen LogP contribution in [0, 0.1) is 5.92 Å². The summed E-state index contributed by atoms with van der Waals surface area (Å²) >= 11 is 8.14. The maximum Gasteiger partial charge on any atom is 0.261 e. The molecule has 1 aromatic rings. The molecule has 0 radical (unpaired) electrons. The normalized spacial score (nSPS) is 15.8. The van der Waals surface area contributed by atoms with Gasteiger partial charge >= 0.3 is 0 Å². The third-order valence-electron chi connectivity index (χ3n) is 2.87. The first-order chi connectivity index (χ1) is 8.41. The molecule has 0 spiro atoms. The van der Waals surface area contributed by atoms with Crippen molar-refractivity contribution >= 4 is 45.0 Å². The second-order valence-electron chi connectivity index (χ2n) is 4.21. The van der Waals surface area contributed by atoms with Crippen molar-refractivity contribution in [1.82, 2.24) is 4.90 Å². The van der Waals surface area contributed by atoms with Gasteiger partial charge in [0.25, 0.3) is 11.8 Å². The van der Waals surface area contributed by atoms with Gasteiger partial charge in [-0.25, -0.2) is 0 Å². The van der Waals surface area contributed by atoms with Crippen LogP contribution in [-0.2, 0) is 0 Å². The van der Waals surface area contributed by atoms with Gasteiger partial charge in [-0.05, 0) is 18.2 Å². The molecule has 1 unspecified atom stereocenters. The molecule has 18 heavy (non-hydrogen) atoms. The van der Waals surface area contributed by atoms with Gasteiger partial charge in [0.05, 0.1) is 16.1 Å². The number of carbonyl (C=O) groups is 2. The molecule has 0 bridgehead atoms. The van der Waals surface area contributed by atoms with E-state index in [1.54, 1.807) is 25.1 Å². The number of halogens is 1. The second-order valence-corrected chi connectivity index (χ2v) is 5.60. The molecule has 0 aromatic heterocycles. The van der Waals surface area contributed by atoms with Crippen molar-refractivity contribution in [1.29, 1.82) is 0 Å². The van der Waals surface area contributed by atoms with E-state index >= 15 is 0 Å². The molecule has 6 heteroatoms. The lowest BCUT2D eigenvalue weighted by Crippen LogP contribution is -2.37. The molecule has 94 valence electrons. The van der Waals surface area contributed by atoms with Crippen LogP contribution in [0.15, 0.2) is 22.7 Å². The van der Waals surface area contributed by atoms with Crippen LogP contribution in [0.25, 0.3) is 0 Å². The fourth-order valence-corrected chi connectivity index (χ4v) is 2.23. The van der Waals surface area contributed by atoms with E-state index in [4.69, 9.17) is 18.0 Å². The lowest BCUT2D eigenvalue weighted by molar-refractivity contribution is 0.0645. The highest BCUT2D eigenvalue weighted by atomic mass is 79.9. The number of carbonyl (C=O) groups excluding carboxylic acids is 2. The van der Waals surface area contributed by atoms with Crippen LogP contribution in [0.5, 0.6) is 0 Å². The number of thiocarbonyl (C=S) groups is 1. The van der Waals surface area contributed by atoms with Gasteiger partial charge in [0.15, 0.2) is 0 Å². The van der Waals surface area contributed by atoms with Gasteiger partial charge in [-0.1, -0.05) is 35.1 Å². The first-order valence-corrected chi connectivity index (χ1v) is 6.57. The monoisotopic (exact) mass is 326 g/mol. The summed E-state index contributed by atoms with van der Waals surface area (Å²) in [7, 11) is 0. The number of fused-ring (bicyclic) bond motifs is 1. The highest BCUT2D eigenvalue weighted by Gasteiger charge is 2.36. The van der Waals surface area contributed by atoms with Gasteiger partial charge in [-0.15, -0.1) is 0 Å². The zero-order valence-corrected chi connectivity index (χ0v) is 12.0. The standard InChI is InChI=1S/C12H11BrN2O2S/c1-6(10(14)18)5-15-11(16)8-3-2-7(13)4-9(8)12(15)17/h2-4,6H,5H2,1H3,(H2,14,18). The molecule has 2 amide bonds. The average Bonchev–Trinajstić information content (AvgIpc) is 2.54. The van der Waals surface area contributed by atoms with Crippen molar-refractivity contribution in [2.75, 3.05) is 6.54 Å². The van der Waals surface area contributed by atoms with E-state index in [0.717, 1.165) is 4.47 Å². The lowest BCUT2D eigenvalue weighted by Gasteiger charge is -2.18. The molecule has 1 heterocycles. The van der Waals surface area contributed by atoms with E-state index < -0.39 is 0 Å². The summed E-state index contributed by atoms with van der Waals surface area (Å²) in [5.41, 5.74) is 6.36. The van der Waals surface area contributed by atoms with Gasteiger partial charge in [0.2, 0.25) is 0 Å². The molecule has 2 N–H and O–H groups in total. The largest absolute Gasteiger partial charge is 0.393 e. The smallest absolute Gasteiger partial charge is 0.261 e. The van der Waals surface area contributed by atoms with Gasteiger partial charge in [0, 0.05) is 16.9 Å². The zero-order valence-electron chi connectivity index (χ0n) is 9.64. The van der Waals surface area contributed by atoms with Crippen LogP contribution in [-0.4, -0.2) is 28.2 Å². The van der Waals surface area contributed by atoms with Crippen molar-refractivity contribution < 1.29 is 9.59 Å². The highest BCUT2D eigenvalue weighted by molar-refractivity contribution is 9.10. The predicted octanol–water partition coefficient (Wildman–Crippen LogP) is 1.97. The molecule has 0 saturated heterocycles. The first-order valence-electron chi connectivity index (χ1n) is 5.37. The summed E-state index contributed by atoms with van der Waals surface area (Å²) in [6, 6.07) is 5.04. The van der Waals surface area contributed by atoms with E-state index in [0.29, 0.717) is 16.1 Å². The molecule has 4 nitrogen and oxygen atoms in total. The highest BCUT2D eigenvalue weighted by Crippen LogP contribution is 2.26. The number of amides is 2. The molecule has 2 rings (SSSR count). The minimum atomic E-state index is -0.292. The number of imide groups is 1. The summed E-state index contributed by atoms with van der Waals surface area (Å²) in [6.07, 6.45) is 0. The summed E-state index contributed by atoms with van der Waals surface area (Å²) in [5.74, 6) is -0.768. The van der Waals surface area contributed by atoms with Crippen molar-refractivity contribution in [3.63, 3.8) is 0 Å². The minimum Gasteiger partial charge on any atom is -0.393 e. The van der Waals surface area contributed by atoms with Crippen LogP contribution >= 0.6 is 28.1 Å². The Labute approximate surface area is 118 Å². The number of hydrogen-bond donors (Lipinski definition) is 1. The Morgan fingerprint density at radius 3 is 2.61 bits per heavy atom. The van der Waals surface area contributed by atoms with Crippen LogP contribution in [0.1, 0.15) is 27.6 Å². The van der Waals surface area contributed by atoms with Crippen molar-refractivity contribution in [3.8, 4) is 0 Å². The molecule has 1 atom stereocenters. The molecular formula is C12H11BrN2O2S. The Bertz CT molecular complexity index is 559. The molecule has 0 saturated carbocycles. The van der Waals surface area contributed by atoms with Crippen molar-refractivity contribution in [2.24, 2.45) is 11.7 Å². The minimum absolute atomic E-state index is 0.189. The summed E-state index contributed by atoms with van der Waals surface area (Å²) in [4.78, 5) is 25.7. The second kappa shape index (κ2) is 4.78. The Morgan fingerprint density at radius 1 is 1.39 bits per heavy atom. The Kier molecular flexibility index (Phi) is 3.49. The predicted molar refractivity (Wildman–Crippen MR) is 75.5 cm³/mol. The zero-order chi connectivity index (χ0) is 13.4. The average molecular weight is 327 g/mol. The van der Waals surface area contributed by atoms with E-state index in [2.05, 4.69) is 15.9 Å². The lowest BCUT2D eigenvalue weighted by atomic mass is 10.1. The third-order valence-corrected chi connectivity index (χ3v) is 3.77. The Balaban J connectivity index is 2.31. The number of nitrogens with two attached hydrogens (primary N) is 1. The van der Waals surface area contributed by atoms with Crippen molar-refractivity contribution in [2.45, 2.75) is 6.92 Å². The molecule has 1 aromatic carbocycles. The number of benzene rings is 1. The van der Waals surface area contributed by atoms with Gasteiger partial charge in [-0.3, -0.25) is 14.5 Å². The topological polar surface area (TPSA) is 63.4 Å². The summed E-state index contributed by atoms with van der Waals surface area (Å²) in [6.45, 7) is 2.01. The van der Waals surface area contributed by atoms with Crippen molar-refractivity contribution in [3.05, 3.63) is 33.8 Å². The number of hydrogen-bond acceptors (Lipinski definition) is 3. The van der Waals surface area contributed by atoms with E-state index in [1.807, 2.05) is 0 Å². The summed E-state index contributed by atoms with van der Waals surface area (Å²) < 4.78 is 0.770. The maximum absolute atomic E-state index is 12.1. The molecule has 1 aliphatic rings. The van der Waals surface area contributed by atoms with Gasteiger partial charge in [-0.2, -0.15) is 0 Å². The van der Waals surface area contributed by atoms with E-state index in [9.17, 15) is 9.59 Å². The van der Waals surface area contributed by atoms with E-state index in [-0.39, 0.29) is 24.3 Å². The molecular weight excluding hydrogens is 316 g/mol. The van der Waals surface area contributed by atoms with Gasteiger partial charge < -0.3 is 5.73 Å². The quantitative estimate of drug-likeness (QED) is 0.681. The Morgan fingerprint density at radius 2 is 2.00 bits per heavy atom. The van der Waals surface area contributed by atoms with Crippen LogP contribution in [0.2, 0.25) is 0 Å². The van der Waals surface area contributed by atoms with E-state index in [1.165, 1.54) is 4.90 Å². The molecule has 1 aliphatic heterocycles. The fraction of sp³-hybridized carbons (Fsp3) is 0.250. The van der Waals surface area contributed by atoms with Crippen LogP contribution in [0.3, 0.4) is 0 Å². The SMILES string of the molecule is CC(CN1C(=O)c2ccc(Br)cc2C1=O)C(N)=S. The van der Waals surface area contributed by atoms with Crippen LogP contribution in [0.4, 0.5) is 0 Å². The maximum atomic E-state index is 12.1. The number of nitrogens with zero attached hydrogens (tertiary/aromatic N) is 1. The Hall–Kier alpha value is -1.27. The fourth-order valence-electron chi connectivity index (χ4n) is 1.79. The van der Waals surface area contributed by atoms with Crippen LogP contribution < -0.4 is 5.73 Å². The number of rotatable bonds is 3. The third kappa shape index (κ3) is 2.18. The molecule has 0 aliphatic carbocycles. The van der Waals surface area contributed by atoms with Gasteiger partial charge in [0.1, 0.15) is 0 Å². The summed E-state index contributed by atoms with van der Waals surface area (Å²) in [5, 5.41) is 0.